The van der Waals surface area contributed by atoms with Gasteiger partial charge in [0, 0.05) is 6.07 Å². The van der Waals surface area contributed by atoms with Gasteiger partial charge in [0.05, 0.1) is 7.11 Å². The van der Waals surface area contributed by atoms with Crippen molar-refractivity contribution in [3.05, 3.63) is 30.1 Å². The van der Waals surface area contributed by atoms with E-state index in [9.17, 15) is 9.18 Å². The first-order valence-corrected chi connectivity index (χ1v) is 5.73. The molecule has 1 aromatic rings. The van der Waals surface area contributed by atoms with E-state index in [1.165, 1.54) is 19.2 Å². The van der Waals surface area contributed by atoms with Crippen molar-refractivity contribution in [1.29, 1.82) is 0 Å². The molecular weight excluding hydrogens is 237 g/mol. The van der Waals surface area contributed by atoms with Crippen LogP contribution in [-0.2, 0) is 9.53 Å². The van der Waals surface area contributed by atoms with Crippen molar-refractivity contribution in [2.75, 3.05) is 20.3 Å². The standard InChI is InChI=1S/C13H18FNO3/c1-4-15-13(2,12(16)17-3)9-18-11-7-5-6-10(14)8-11/h5-8,15H,4,9H2,1-3H3. The van der Waals surface area contributed by atoms with Gasteiger partial charge in [0.1, 0.15) is 23.7 Å². The van der Waals surface area contributed by atoms with E-state index in [-0.39, 0.29) is 12.4 Å². The van der Waals surface area contributed by atoms with Crippen LogP contribution in [0.2, 0.25) is 0 Å². The Kier molecular flexibility index (Phi) is 5.09. The molecule has 0 spiro atoms. The van der Waals surface area contributed by atoms with E-state index in [1.54, 1.807) is 19.1 Å². The average Bonchev–Trinajstić information content (AvgIpc) is 2.36. The first kappa shape index (κ1) is 14.4. The van der Waals surface area contributed by atoms with Crippen molar-refractivity contribution in [3.63, 3.8) is 0 Å². The number of hydrogen-bond acceptors (Lipinski definition) is 4. The largest absolute Gasteiger partial charge is 0.491 e. The Morgan fingerprint density at radius 2 is 2.22 bits per heavy atom. The summed E-state index contributed by atoms with van der Waals surface area (Å²) in [5.41, 5.74) is -0.949. The predicted molar refractivity (Wildman–Crippen MR) is 66.0 cm³/mol. The third-order valence-electron chi connectivity index (χ3n) is 2.53. The van der Waals surface area contributed by atoms with Gasteiger partial charge in [-0.2, -0.15) is 0 Å². The summed E-state index contributed by atoms with van der Waals surface area (Å²) in [4.78, 5) is 11.7. The fourth-order valence-electron chi connectivity index (χ4n) is 1.58. The number of methoxy groups -OCH3 is 1. The Bertz CT molecular complexity index is 411. The van der Waals surface area contributed by atoms with Gasteiger partial charge in [0.15, 0.2) is 0 Å². The number of halogens is 1. The highest BCUT2D eigenvalue weighted by molar-refractivity contribution is 5.80. The second kappa shape index (κ2) is 6.35. The molecule has 1 N–H and O–H groups in total. The predicted octanol–water partition coefficient (Wildman–Crippen LogP) is 1.75. The van der Waals surface area contributed by atoms with Crippen molar-refractivity contribution in [3.8, 4) is 5.75 Å². The first-order valence-electron chi connectivity index (χ1n) is 5.73. The fourth-order valence-corrected chi connectivity index (χ4v) is 1.58. The molecule has 0 bridgehead atoms. The Morgan fingerprint density at radius 3 is 2.78 bits per heavy atom. The van der Waals surface area contributed by atoms with Crippen molar-refractivity contribution in [1.82, 2.24) is 5.32 Å². The minimum absolute atomic E-state index is 0.0664. The van der Waals surface area contributed by atoms with Gasteiger partial charge in [-0.3, -0.25) is 5.32 Å². The smallest absolute Gasteiger partial charge is 0.329 e. The molecule has 1 aromatic carbocycles. The van der Waals surface area contributed by atoms with Gasteiger partial charge in [-0.15, -0.1) is 0 Å². The number of ether oxygens (including phenoxy) is 2. The molecule has 0 fully saturated rings. The average molecular weight is 255 g/mol. The van der Waals surface area contributed by atoms with E-state index in [0.717, 1.165) is 0 Å². The molecule has 0 aliphatic rings. The molecule has 100 valence electrons. The summed E-state index contributed by atoms with van der Waals surface area (Å²) in [6.45, 7) is 4.22. The number of hydrogen-bond donors (Lipinski definition) is 1. The summed E-state index contributed by atoms with van der Waals surface area (Å²) in [5, 5.41) is 3.00. The van der Waals surface area contributed by atoms with Crippen LogP contribution in [0.1, 0.15) is 13.8 Å². The lowest BCUT2D eigenvalue weighted by atomic mass is 10.0. The van der Waals surface area contributed by atoms with Crippen molar-refractivity contribution >= 4 is 5.97 Å². The summed E-state index contributed by atoms with van der Waals surface area (Å²) >= 11 is 0. The zero-order chi connectivity index (χ0) is 13.6. The molecule has 1 unspecified atom stereocenters. The number of carbonyl (C=O) groups is 1. The summed E-state index contributed by atoms with van der Waals surface area (Å²) in [5.74, 6) is -0.417. The molecule has 18 heavy (non-hydrogen) atoms. The Balaban J connectivity index is 2.70. The van der Waals surface area contributed by atoms with Gasteiger partial charge in [0.2, 0.25) is 0 Å². The van der Waals surface area contributed by atoms with Crippen molar-refractivity contribution in [2.24, 2.45) is 0 Å². The highest BCUT2D eigenvalue weighted by Gasteiger charge is 2.34. The summed E-state index contributed by atoms with van der Waals surface area (Å²) in [7, 11) is 1.32. The minimum atomic E-state index is -0.949. The molecule has 0 aliphatic carbocycles. The van der Waals surface area contributed by atoms with Crippen LogP contribution in [0.3, 0.4) is 0 Å². The summed E-state index contributed by atoms with van der Waals surface area (Å²) in [6, 6.07) is 5.78. The second-order valence-electron chi connectivity index (χ2n) is 4.10. The highest BCUT2D eigenvalue weighted by atomic mass is 19.1. The van der Waals surface area contributed by atoms with E-state index >= 15 is 0 Å². The first-order chi connectivity index (χ1) is 8.51. The summed E-state index contributed by atoms with van der Waals surface area (Å²) in [6.07, 6.45) is 0. The molecule has 0 saturated heterocycles. The van der Waals surface area contributed by atoms with Gasteiger partial charge >= 0.3 is 5.97 Å². The number of benzene rings is 1. The van der Waals surface area contributed by atoms with Crippen LogP contribution in [0.4, 0.5) is 4.39 Å². The minimum Gasteiger partial charge on any atom is -0.491 e. The van der Waals surface area contributed by atoms with Gasteiger partial charge in [0.25, 0.3) is 0 Å². The number of nitrogens with one attached hydrogen (secondary N) is 1. The number of esters is 1. The normalized spacial score (nSPS) is 13.8. The number of carbonyl (C=O) groups excluding carboxylic acids is 1. The highest BCUT2D eigenvalue weighted by Crippen LogP contribution is 2.15. The third kappa shape index (κ3) is 3.70. The van der Waals surface area contributed by atoms with Crippen LogP contribution in [-0.4, -0.2) is 31.8 Å². The van der Waals surface area contributed by atoms with E-state index in [0.29, 0.717) is 12.3 Å². The van der Waals surface area contributed by atoms with Crippen LogP contribution < -0.4 is 10.1 Å². The topological polar surface area (TPSA) is 47.6 Å². The van der Waals surface area contributed by atoms with E-state index in [1.807, 2.05) is 6.92 Å². The van der Waals surface area contributed by atoms with Gasteiger partial charge in [-0.1, -0.05) is 13.0 Å². The van der Waals surface area contributed by atoms with E-state index < -0.39 is 11.5 Å². The Morgan fingerprint density at radius 1 is 1.50 bits per heavy atom. The third-order valence-corrected chi connectivity index (χ3v) is 2.53. The molecule has 5 heteroatoms. The lowest BCUT2D eigenvalue weighted by Gasteiger charge is -2.27. The SMILES string of the molecule is CCNC(C)(COc1cccc(F)c1)C(=O)OC. The number of likely N-dealkylation sites (N-methyl/N-ethyl adjacent to an activating group) is 1. The molecule has 4 nitrogen and oxygen atoms in total. The van der Waals surface area contributed by atoms with Crippen molar-refractivity contribution < 1.29 is 18.7 Å². The quantitative estimate of drug-likeness (QED) is 0.787. The zero-order valence-corrected chi connectivity index (χ0v) is 10.8. The Labute approximate surface area is 106 Å². The molecule has 0 aliphatic heterocycles. The van der Waals surface area contributed by atoms with Crippen LogP contribution in [0, 0.1) is 5.82 Å². The molecule has 0 saturated carbocycles. The van der Waals surface area contributed by atoms with Gasteiger partial charge in [-0.05, 0) is 25.6 Å². The van der Waals surface area contributed by atoms with E-state index in [2.05, 4.69) is 5.32 Å². The molecular formula is C13H18FNO3. The maximum Gasteiger partial charge on any atom is 0.329 e. The number of rotatable bonds is 6. The van der Waals surface area contributed by atoms with Crippen LogP contribution >= 0.6 is 0 Å². The zero-order valence-electron chi connectivity index (χ0n) is 10.8. The maximum absolute atomic E-state index is 13.0. The van der Waals surface area contributed by atoms with E-state index in [4.69, 9.17) is 9.47 Å². The Hall–Kier alpha value is -1.62. The fraction of sp³-hybridized carbons (Fsp3) is 0.462. The van der Waals surface area contributed by atoms with Gasteiger partial charge in [-0.25, -0.2) is 9.18 Å². The molecule has 0 radical (unpaired) electrons. The molecule has 0 amide bonds. The monoisotopic (exact) mass is 255 g/mol. The second-order valence-corrected chi connectivity index (χ2v) is 4.10. The molecule has 1 rings (SSSR count). The lowest BCUT2D eigenvalue weighted by molar-refractivity contribution is -0.149. The molecule has 0 aromatic heterocycles. The summed E-state index contributed by atoms with van der Waals surface area (Å²) < 4.78 is 23.1. The van der Waals surface area contributed by atoms with Crippen LogP contribution in [0.5, 0.6) is 5.75 Å². The maximum atomic E-state index is 13.0. The van der Waals surface area contributed by atoms with Crippen molar-refractivity contribution in [2.45, 2.75) is 19.4 Å². The molecule has 0 heterocycles. The van der Waals surface area contributed by atoms with Crippen LogP contribution in [0.15, 0.2) is 24.3 Å². The van der Waals surface area contributed by atoms with Crippen LogP contribution in [0.25, 0.3) is 0 Å². The molecule has 1 atom stereocenters. The van der Waals surface area contributed by atoms with Gasteiger partial charge < -0.3 is 9.47 Å². The lowest BCUT2D eigenvalue weighted by Crippen LogP contribution is -2.54.